The number of anilines is 6. The molecule has 0 unspecified atom stereocenters. The summed E-state index contributed by atoms with van der Waals surface area (Å²) in [5.41, 5.74) is 21.9. The van der Waals surface area contributed by atoms with Gasteiger partial charge in [0, 0.05) is 100 Å². The summed E-state index contributed by atoms with van der Waals surface area (Å²) in [4.78, 5) is 9.62. The number of rotatable bonds is 7. The number of hydrogen-bond acceptors (Lipinski definition) is 5. The van der Waals surface area contributed by atoms with Gasteiger partial charge in [-0.1, -0.05) is 217 Å². The molecule has 0 fully saturated rings. The molecule has 2 aliphatic heterocycles. The van der Waals surface area contributed by atoms with Crippen molar-refractivity contribution in [3.8, 4) is 44.8 Å². The van der Waals surface area contributed by atoms with E-state index in [1.54, 1.807) is 4.57 Å². The van der Waals surface area contributed by atoms with E-state index in [-0.39, 0.29) is 44.7 Å². The van der Waals surface area contributed by atoms with Crippen LogP contribution in [0.4, 0.5) is 34.1 Å². The fourth-order valence-electron chi connectivity index (χ4n) is 16.1. The number of benzene rings is 13. The summed E-state index contributed by atoms with van der Waals surface area (Å²) >= 11 is 0. The number of furan rings is 2. The van der Waals surface area contributed by atoms with Crippen LogP contribution in [-0.4, -0.2) is 20.8 Å². The normalized spacial score (nSPS) is 14.2. The Morgan fingerprint density at radius 2 is 0.879 bits per heavy atom. The Morgan fingerprint density at radius 1 is 0.364 bits per heavy atom. The molecule has 5 aromatic heterocycles. The molecule has 0 amide bonds. The molecule has 20 rings (SSSR count). The first kappa shape index (κ1) is 49.4. The molecule has 0 atom stereocenters. The van der Waals surface area contributed by atoms with Gasteiger partial charge in [-0.2, -0.15) is 0 Å². The second-order valence-corrected chi connectivity index (χ2v) is 28.4. The summed E-state index contributed by atoms with van der Waals surface area (Å²) in [5.74, 6) is 0. The quantitative estimate of drug-likeness (QED) is 0.149. The molecule has 0 radical (unpaired) electrons. The summed E-state index contributed by atoms with van der Waals surface area (Å²) in [7, 11) is 0. The van der Waals surface area contributed by atoms with E-state index in [0.717, 1.165) is 155 Å². The fourth-order valence-corrected chi connectivity index (χ4v) is 16.1. The zero-order chi connectivity index (χ0) is 73.1. The maximum atomic E-state index is 9.79. The van der Waals surface area contributed by atoms with Crippen molar-refractivity contribution in [1.82, 2.24) is 14.1 Å². The Labute approximate surface area is 585 Å². The van der Waals surface area contributed by atoms with Crippen molar-refractivity contribution < 1.29 is 19.8 Å². The molecule has 0 saturated heterocycles. The van der Waals surface area contributed by atoms with Crippen LogP contribution in [0.3, 0.4) is 0 Å². The highest BCUT2D eigenvalue weighted by Gasteiger charge is 2.45. The van der Waals surface area contributed by atoms with Crippen molar-refractivity contribution in [2.24, 2.45) is 0 Å². The van der Waals surface area contributed by atoms with E-state index < -0.39 is 43.0 Å². The van der Waals surface area contributed by atoms with Gasteiger partial charge in [0.15, 0.2) is 0 Å². The smallest absolute Gasteiger partial charge is 0.252 e. The van der Waals surface area contributed by atoms with E-state index in [1.807, 2.05) is 54.9 Å². The lowest BCUT2D eigenvalue weighted by molar-refractivity contribution is 0.590. The number of fused-ring (bicyclic) bond motifs is 17. The highest BCUT2D eigenvalue weighted by molar-refractivity contribution is 7.00. The molecule has 7 heterocycles. The van der Waals surface area contributed by atoms with Crippen LogP contribution in [0.2, 0.25) is 0 Å². The molecule has 0 saturated carbocycles. The number of aromatic nitrogens is 3. The van der Waals surface area contributed by atoms with Crippen molar-refractivity contribution in [3.63, 3.8) is 0 Å². The highest BCUT2D eigenvalue weighted by atomic mass is 16.3. The molecule has 18 aromatic rings. The zero-order valence-corrected chi connectivity index (χ0v) is 55.2. The number of para-hydroxylation sites is 5. The minimum atomic E-state index is -0.519. The van der Waals surface area contributed by atoms with E-state index in [2.05, 4.69) is 244 Å². The van der Waals surface area contributed by atoms with Crippen LogP contribution in [0.1, 0.15) is 63.6 Å². The first-order valence-corrected chi connectivity index (χ1v) is 33.8. The Kier molecular flexibility index (Phi) is 10.6. The monoisotopic (exact) mass is 1280 g/mol. The summed E-state index contributed by atoms with van der Waals surface area (Å²) in [6.07, 6.45) is 3.81. The molecule has 2 aliphatic rings. The van der Waals surface area contributed by atoms with Crippen LogP contribution in [0.25, 0.3) is 132 Å². The van der Waals surface area contributed by atoms with Gasteiger partial charge in [0.2, 0.25) is 0 Å². The van der Waals surface area contributed by atoms with E-state index >= 15 is 0 Å². The summed E-state index contributed by atoms with van der Waals surface area (Å²) < 4.78 is 93.0. The van der Waals surface area contributed by atoms with Crippen LogP contribution >= 0.6 is 0 Å². The largest absolute Gasteiger partial charge is 0.456 e. The molecule has 7 nitrogen and oxygen atoms in total. The van der Waals surface area contributed by atoms with Crippen LogP contribution < -0.4 is 26.2 Å². The van der Waals surface area contributed by atoms with Crippen LogP contribution in [0.5, 0.6) is 0 Å². The molecule has 0 aliphatic carbocycles. The van der Waals surface area contributed by atoms with Crippen molar-refractivity contribution >= 4 is 145 Å². The summed E-state index contributed by atoms with van der Waals surface area (Å²) in [6, 6.07) is 78.1. The molecule has 0 bridgehead atoms. The van der Waals surface area contributed by atoms with E-state index in [4.69, 9.17) is 16.6 Å². The third kappa shape index (κ3) is 8.55. The molecular weight excluding hydrogens is 1210 g/mol. The number of nitrogens with zero attached hydrogens (tertiary/aromatic N) is 5. The molecule has 8 heteroatoms. The Bertz CT molecular complexity index is 6800. The minimum absolute atomic E-state index is 0.000620. The second kappa shape index (κ2) is 21.2. The zero-order valence-electron chi connectivity index (χ0n) is 63.2. The highest BCUT2D eigenvalue weighted by Crippen LogP contribution is 2.53. The minimum Gasteiger partial charge on any atom is -0.456 e. The van der Waals surface area contributed by atoms with Gasteiger partial charge in [0.05, 0.1) is 50.6 Å². The molecule has 13 aromatic carbocycles. The standard InChI is InChI=1S/C91H66BN5O2/c1-90(2,3)58-36-42-76(69(50-58)55-22-9-7-10-23-55)96-78-52-60(94-73-32-17-13-26-63(73)64-27-14-18-33-74(64)94)38-40-71(78)92-72-41-39-61(95-75-34-19-15-28-65(75)66-46-47-93-54-82(66)95)53-79(72)97(77-43-37-59(91(4,5)6)51-70(77)56-24-11-8-12-25-56)81-49-57(48-80(96)88(81)92)62-30-21-31-68-87-85(99-89(62)68)45-44-84-86(87)67-29-16-20-35-83(67)98-84/h7-54H,1-6H3/i13D,14D,17D,18D,26D,27D,32D,33D. The van der Waals surface area contributed by atoms with Gasteiger partial charge in [0.25, 0.3) is 6.71 Å². The predicted octanol–water partition coefficient (Wildman–Crippen LogP) is 22.8. The van der Waals surface area contributed by atoms with Gasteiger partial charge in [-0.25, -0.2) is 0 Å². The average molecular weight is 1280 g/mol. The molecular formula is C91H66BN5O2. The molecule has 99 heavy (non-hydrogen) atoms. The third-order valence-corrected chi connectivity index (χ3v) is 20.8. The third-order valence-electron chi connectivity index (χ3n) is 20.8. The van der Waals surface area contributed by atoms with Crippen molar-refractivity contribution in [2.75, 3.05) is 9.80 Å². The summed E-state index contributed by atoms with van der Waals surface area (Å²) in [6.45, 7) is 12.9. The van der Waals surface area contributed by atoms with E-state index in [1.165, 1.54) is 5.56 Å². The molecule has 470 valence electrons. The lowest BCUT2D eigenvalue weighted by Crippen LogP contribution is -2.61. The summed E-state index contributed by atoms with van der Waals surface area (Å²) in [5, 5.41) is 6.01. The lowest BCUT2D eigenvalue weighted by atomic mass is 9.33. The topological polar surface area (TPSA) is 55.5 Å². The fraction of sp³-hybridized carbons (Fsp3) is 0.0879. The van der Waals surface area contributed by atoms with Gasteiger partial charge >= 0.3 is 0 Å². The van der Waals surface area contributed by atoms with Crippen LogP contribution in [-0.2, 0) is 10.8 Å². The van der Waals surface area contributed by atoms with Crippen LogP contribution in [0.15, 0.2) is 300 Å². The van der Waals surface area contributed by atoms with Crippen molar-refractivity contribution in [1.29, 1.82) is 0 Å². The Hall–Kier alpha value is -12.1. The van der Waals surface area contributed by atoms with E-state index in [9.17, 15) is 8.22 Å². The second-order valence-electron chi connectivity index (χ2n) is 28.4. The van der Waals surface area contributed by atoms with Gasteiger partial charge in [-0.15, -0.1) is 0 Å². The molecule has 0 spiro atoms. The number of pyridine rings is 1. The van der Waals surface area contributed by atoms with Crippen molar-refractivity contribution in [2.45, 2.75) is 52.4 Å². The van der Waals surface area contributed by atoms with Gasteiger partial charge in [0.1, 0.15) is 22.3 Å². The van der Waals surface area contributed by atoms with E-state index in [0.29, 0.717) is 11.3 Å². The van der Waals surface area contributed by atoms with Gasteiger partial charge in [-0.05, 0) is 158 Å². The first-order chi connectivity index (χ1) is 51.7. The van der Waals surface area contributed by atoms with Crippen LogP contribution in [0, 0.1) is 0 Å². The van der Waals surface area contributed by atoms with Gasteiger partial charge in [-0.3, -0.25) is 4.98 Å². The maximum Gasteiger partial charge on any atom is 0.252 e. The Balaban J connectivity index is 0.971. The van der Waals surface area contributed by atoms with Crippen molar-refractivity contribution in [3.05, 3.63) is 302 Å². The van der Waals surface area contributed by atoms with Gasteiger partial charge < -0.3 is 27.8 Å². The lowest BCUT2D eigenvalue weighted by Gasteiger charge is -2.45. The Morgan fingerprint density at radius 3 is 1.48 bits per heavy atom. The SMILES string of the molecule is [2H]c1c([2H])c([2H])c2c(c1[2H])c1c([2H])c([2H])c([2H])c([2H])c1n2-c1ccc2c(c1)N(c1ccc(C(C)(C)C)cc1-c1ccccc1)c1cc(-c3cccc4c3oc3ccc5oc6ccccc6c5c34)cc3c1B2c1ccc(-n2c4ccccc4c4ccncc42)cc1N3c1ccc(C(C)(C)C)cc1-c1ccccc1. The average Bonchev–Trinajstić information content (AvgIpc) is 1.19. The molecule has 0 N–H and O–H groups in total. The maximum absolute atomic E-state index is 9.79. The number of hydrogen-bond donors (Lipinski definition) is 0. The predicted molar refractivity (Wildman–Crippen MR) is 415 cm³/mol. The first-order valence-electron chi connectivity index (χ1n) is 37.8.